The van der Waals surface area contributed by atoms with Gasteiger partial charge < -0.3 is 5.32 Å². The summed E-state index contributed by atoms with van der Waals surface area (Å²) in [6.07, 6.45) is 0. The van der Waals surface area contributed by atoms with Crippen LogP contribution < -0.4 is 5.32 Å². The lowest BCUT2D eigenvalue weighted by Gasteiger charge is -2.10. The Balaban J connectivity index is 2.03. The second kappa shape index (κ2) is 4.44. The van der Waals surface area contributed by atoms with Gasteiger partial charge in [0.05, 0.1) is 6.04 Å². The highest BCUT2D eigenvalue weighted by Crippen LogP contribution is 2.15. The van der Waals surface area contributed by atoms with Crippen molar-refractivity contribution in [1.82, 2.24) is 20.5 Å². The first-order chi connectivity index (χ1) is 7.66. The van der Waals surface area contributed by atoms with Crippen molar-refractivity contribution in [2.75, 3.05) is 0 Å². The van der Waals surface area contributed by atoms with E-state index in [0.717, 1.165) is 5.56 Å². The molecule has 0 radical (unpaired) electrons. The Labute approximate surface area is 96.9 Å². The van der Waals surface area contributed by atoms with E-state index >= 15 is 0 Å². The highest BCUT2D eigenvalue weighted by atomic mass is 32.1. The zero-order valence-electron chi connectivity index (χ0n) is 9.02. The van der Waals surface area contributed by atoms with Gasteiger partial charge in [0.2, 0.25) is 5.82 Å². The fraction of sp³-hybridized carbons (Fsp3) is 0.300. The molecule has 16 heavy (non-hydrogen) atoms. The molecule has 0 aliphatic rings. The normalized spacial score (nSPS) is 12.4. The molecule has 0 spiro atoms. The van der Waals surface area contributed by atoms with E-state index in [2.05, 4.69) is 20.5 Å². The minimum absolute atomic E-state index is 0.0300. The molecule has 1 atom stereocenters. The lowest BCUT2D eigenvalue weighted by molar-refractivity contribution is 0.0930. The molecule has 2 heterocycles. The van der Waals surface area contributed by atoms with Crippen LogP contribution in [0.2, 0.25) is 0 Å². The summed E-state index contributed by atoms with van der Waals surface area (Å²) in [5.74, 6) is 0.552. The Morgan fingerprint density at radius 2 is 2.44 bits per heavy atom. The Morgan fingerprint density at radius 3 is 3.00 bits per heavy atom. The molecule has 0 aliphatic heterocycles. The summed E-state index contributed by atoms with van der Waals surface area (Å²) in [4.78, 5) is 15.7. The van der Waals surface area contributed by atoms with Crippen LogP contribution in [-0.2, 0) is 0 Å². The van der Waals surface area contributed by atoms with E-state index in [1.807, 2.05) is 23.8 Å². The number of hydrogen-bond donors (Lipinski definition) is 2. The lowest BCUT2D eigenvalue weighted by Crippen LogP contribution is -2.27. The molecule has 0 fully saturated rings. The van der Waals surface area contributed by atoms with E-state index in [4.69, 9.17) is 0 Å². The maximum Gasteiger partial charge on any atom is 0.291 e. The van der Waals surface area contributed by atoms with Crippen LogP contribution in [0.5, 0.6) is 0 Å². The predicted molar refractivity (Wildman–Crippen MR) is 61.3 cm³/mol. The number of thiophene rings is 1. The van der Waals surface area contributed by atoms with Gasteiger partial charge in [0.15, 0.2) is 0 Å². The SMILES string of the molecule is Cc1nc(C(=O)NC(C)c2ccsc2)n[nH]1. The number of nitrogens with one attached hydrogen (secondary N) is 2. The first-order valence-electron chi connectivity index (χ1n) is 4.89. The zero-order valence-corrected chi connectivity index (χ0v) is 9.84. The number of nitrogens with zero attached hydrogens (tertiary/aromatic N) is 2. The van der Waals surface area contributed by atoms with Crippen molar-refractivity contribution in [2.24, 2.45) is 0 Å². The van der Waals surface area contributed by atoms with Crippen molar-refractivity contribution in [1.29, 1.82) is 0 Å². The van der Waals surface area contributed by atoms with Crippen LogP contribution in [-0.4, -0.2) is 21.1 Å². The number of H-pyrrole nitrogens is 1. The minimum Gasteiger partial charge on any atom is -0.343 e. The van der Waals surface area contributed by atoms with Crippen LogP contribution in [0.4, 0.5) is 0 Å². The number of carbonyl (C=O) groups excluding carboxylic acids is 1. The molecule has 5 nitrogen and oxygen atoms in total. The summed E-state index contributed by atoms with van der Waals surface area (Å²) in [5, 5.41) is 13.3. The van der Waals surface area contributed by atoms with Gasteiger partial charge in [0.1, 0.15) is 5.82 Å². The second-order valence-corrected chi connectivity index (χ2v) is 4.28. The van der Waals surface area contributed by atoms with Crippen LogP contribution in [0.25, 0.3) is 0 Å². The molecule has 1 amide bonds. The highest BCUT2D eigenvalue weighted by Gasteiger charge is 2.14. The second-order valence-electron chi connectivity index (χ2n) is 3.50. The van der Waals surface area contributed by atoms with Gasteiger partial charge in [0, 0.05) is 0 Å². The number of rotatable bonds is 3. The summed E-state index contributed by atoms with van der Waals surface area (Å²) in [7, 11) is 0. The number of aromatic nitrogens is 3. The number of aryl methyl sites for hydroxylation is 1. The van der Waals surface area contributed by atoms with Crippen molar-refractivity contribution >= 4 is 17.2 Å². The van der Waals surface area contributed by atoms with Crippen LogP contribution >= 0.6 is 11.3 Å². The lowest BCUT2D eigenvalue weighted by atomic mass is 10.2. The molecule has 2 aromatic rings. The Bertz CT molecular complexity index is 477. The summed E-state index contributed by atoms with van der Waals surface area (Å²) in [6.45, 7) is 3.69. The van der Waals surface area contributed by atoms with Crippen molar-refractivity contribution in [3.8, 4) is 0 Å². The third-order valence-corrected chi connectivity index (χ3v) is 2.89. The number of aromatic amines is 1. The third-order valence-electron chi connectivity index (χ3n) is 2.19. The Hall–Kier alpha value is -1.69. The van der Waals surface area contributed by atoms with Gasteiger partial charge in [-0.3, -0.25) is 9.89 Å². The third kappa shape index (κ3) is 2.27. The standard InChI is InChI=1S/C10H12N4OS/c1-6(8-3-4-16-5-8)11-10(15)9-12-7(2)13-14-9/h3-6H,1-2H3,(H,11,15)(H,12,13,14). The fourth-order valence-corrected chi connectivity index (χ4v) is 2.06. The van der Waals surface area contributed by atoms with Gasteiger partial charge in [-0.05, 0) is 36.2 Å². The molecule has 0 saturated carbocycles. The topological polar surface area (TPSA) is 70.7 Å². The van der Waals surface area contributed by atoms with Crippen LogP contribution in [0.3, 0.4) is 0 Å². The summed E-state index contributed by atoms with van der Waals surface area (Å²) < 4.78 is 0. The van der Waals surface area contributed by atoms with Crippen molar-refractivity contribution in [3.05, 3.63) is 34.0 Å². The van der Waals surface area contributed by atoms with E-state index in [1.54, 1.807) is 18.3 Å². The molecular weight excluding hydrogens is 224 g/mol. The molecule has 6 heteroatoms. The Kier molecular flexibility index (Phi) is 3.00. The van der Waals surface area contributed by atoms with Gasteiger partial charge in [-0.15, -0.1) is 5.10 Å². The average Bonchev–Trinajstić information content (AvgIpc) is 2.87. The first kappa shape index (κ1) is 10.8. The maximum atomic E-state index is 11.7. The molecule has 1 unspecified atom stereocenters. The van der Waals surface area contributed by atoms with E-state index < -0.39 is 0 Å². The molecule has 2 N–H and O–H groups in total. The Morgan fingerprint density at radius 1 is 1.62 bits per heavy atom. The average molecular weight is 236 g/mol. The minimum atomic E-state index is -0.261. The van der Waals surface area contributed by atoms with Gasteiger partial charge in [-0.25, -0.2) is 4.98 Å². The van der Waals surface area contributed by atoms with Gasteiger partial charge in [-0.2, -0.15) is 11.3 Å². The first-order valence-corrected chi connectivity index (χ1v) is 5.83. The number of amides is 1. The van der Waals surface area contributed by atoms with Crippen molar-refractivity contribution < 1.29 is 4.79 Å². The smallest absolute Gasteiger partial charge is 0.291 e. The van der Waals surface area contributed by atoms with Crippen LogP contribution in [0.1, 0.15) is 35.0 Å². The van der Waals surface area contributed by atoms with Crippen LogP contribution in [0.15, 0.2) is 16.8 Å². The van der Waals surface area contributed by atoms with Gasteiger partial charge in [0.25, 0.3) is 5.91 Å². The maximum absolute atomic E-state index is 11.7. The van der Waals surface area contributed by atoms with Gasteiger partial charge in [-0.1, -0.05) is 0 Å². The van der Waals surface area contributed by atoms with Crippen molar-refractivity contribution in [2.45, 2.75) is 19.9 Å². The molecule has 0 aliphatic carbocycles. The monoisotopic (exact) mass is 236 g/mol. The molecule has 0 aromatic carbocycles. The highest BCUT2D eigenvalue weighted by molar-refractivity contribution is 7.07. The van der Waals surface area contributed by atoms with E-state index in [0.29, 0.717) is 5.82 Å². The molecule has 0 bridgehead atoms. The van der Waals surface area contributed by atoms with Crippen LogP contribution in [0, 0.1) is 6.92 Å². The predicted octanol–water partition coefficient (Wildman–Crippen LogP) is 1.67. The van der Waals surface area contributed by atoms with E-state index in [1.165, 1.54) is 0 Å². The molecule has 2 aromatic heterocycles. The number of carbonyl (C=O) groups is 1. The largest absolute Gasteiger partial charge is 0.343 e. The molecular formula is C10H12N4OS. The van der Waals surface area contributed by atoms with E-state index in [9.17, 15) is 4.79 Å². The molecule has 84 valence electrons. The fourth-order valence-electron chi connectivity index (χ4n) is 1.31. The van der Waals surface area contributed by atoms with Crippen molar-refractivity contribution in [3.63, 3.8) is 0 Å². The van der Waals surface area contributed by atoms with Gasteiger partial charge >= 0.3 is 0 Å². The molecule has 0 saturated heterocycles. The summed E-state index contributed by atoms with van der Waals surface area (Å²) in [6, 6.07) is 1.95. The quantitative estimate of drug-likeness (QED) is 0.851. The summed E-state index contributed by atoms with van der Waals surface area (Å²) in [5.41, 5.74) is 1.09. The zero-order chi connectivity index (χ0) is 11.5. The number of hydrogen-bond acceptors (Lipinski definition) is 4. The van der Waals surface area contributed by atoms with E-state index in [-0.39, 0.29) is 17.8 Å². The summed E-state index contributed by atoms with van der Waals surface area (Å²) >= 11 is 1.61. The molecule has 2 rings (SSSR count).